The minimum absolute atomic E-state index is 0.0246. The Morgan fingerprint density at radius 1 is 1.53 bits per heavy atom. The lowest BCUT2D eigenvalue weighted by Crippen LogP contribution is -2.38. The van der Waals surface area contributed by atoms with E-state index in [0.29, 0.717) is 12.3 Å². The highest BCUT2D eigenvalue weighted by Gasteiger charge is 2.41. The summed E-state index contributed by atoms with van der Waals surface area (Å²) in [6.45, 7) is 0. The minimum atomic E-state index is -0.188. The van der Waals surface area contributed by atoms with Crippen LogP contribution in [0.1, 0.15) is 32.1 Å². The van der Waals surface area contributed by atoms with Crippen LogP contribution in [0, 0.1) is 5.92 Å². The lowest BCUT2D eigenvalue weighted by molar-refractivity contribution is -0.143. The standard InChI is InChI=1S/C11H19NO3/c1-14-11(13)6-7-5-8-9(12)3-2-4-10(8)15-7/h7-10H,2-6,12H2,1H3/t7-,8+,9-,10-/m0/s1. The molecule has 1 aliphatic carbocycles. The second-order valence-corrected chi connectivity index (χ2v) is 4.57. The van der Waals surface area contributed by atoms with Crippen molar-refractivity contribution >= 4 is 5.97 Å². The van der Waals surface area contributed by atoms with Crippen LogP contribution in [0.4, 0.5) is 0 Å². The van der Waals surface area contributed by atoms with Crippen molar-refractivity contribution in [1.29, 1.82) is 0 Å². The van der Waals surface area contributed by atoms with E-state index in [0.717, 1.165) is 25.7 Å². The van der Waals surface area contributed by atoms with Gasteiger partial charge in [-0.15, -0.1) is 0 Å². The molecule has 4 heteroatoms. The summed E-state index contributed by atoms with van der Waals surface area (Å²) in [5.41, 5.74) is 6.05. The zero-order valence-electron chi connectivity index (χ0n) is 9.15. The Morgan fingerprint density at radius 2 is 2.33 bits per heavy atom. The van der Waals surface area contributed by atoms with Gasteiger partial charge in [0.25, 0.3) is 0 Å². The molecule has 0 radical (unpaired) electrons. The lowest BCUT2D eigenvalue weighted by Gasteiger charge is -2.29. The van der Waals surface area contributed by atoms with Crippen LogP contribution in [0.2, 0.25) is 0 Å². The van der Waals surface area contributed by atoms with Gasteiger partial charge in [0.15, 0.2) is 0 Å². The van der Waals surface area contributed by atoms with Crippen molar-refractivity contribution < 1.29 is 14.3 Å². The highest BCUT2D eigenvalue weighted by Crippen LogP contribution is 2.37. The third-order valence-electron chi connectivity index (χ3n) is 3.58. The Hall–Kier alpha value is -0.610. The predicted molar refractivity (Wildman–Crippen MR) is 55.2 cm³/mol. The molecule has 0 bridgehead atoms. The summed E-state index contributed by atoms with van der Waals surface area (Å²) in [7, 11) is 1.41. The summed E-state index contributed by atoms with van der Waals surface area (Å²) in [4.78, 5) is 11.1. The smallest absolute Gasteiger partial charge is 0.308 e. The number of ether oxygens (including phenoxy) is 2. The summed E-state index contributed by atoms with van der Waals surface area (Å²) >= 11 is 0. The van der Waals surface area contributed by atoms with Crippen molar-refractivity contribution in [3.05, 3.63) is 0 Å². The number of hydrogen-bond acceptors (Lipinski definition) is 4. The van der Waals surface area contributed by atoms with Crippen molar-refractivity contribution in [2.24, 2.45) is 11.7 Å². The molecule has 4 nitrogen and oxygen atoms in total. The van der Waals surface area contributed by atoms with E-state index in [1.165, 1.54) is 7.11 Å². The highest BCUT2D eigenvalue weighted by molar-refractivity contribution is 5.69. The number of rotatable bonds is 2. The maximum Gasteiger partial charge on any atom is 0.308 e. The fourth-order valence-corrected chi connectivity index (χ4v) is 2.76. The molecule has 86 valence electrons. The third kappa shape index (κ3) is 2.32. The van der Waals surface area contributed by atoms with Crippen LogP contribution < -0.4 is 5.73 Å². The molecule has 4 atom stereocenters. The minimum Gasteiger partial charge on any atom is -0.469 e. The number of esters is 1. The van der Waals surface area contributed by atoms with Crippen molar-refractivity contribution in [2.75, 3.05) is 7.11 Å². The summed E-state index contributed by atoms with van der Waals surface area (Å²) in [6, 6.07) is 0.256. The van der Waals surface area contributed by atoms with Gasteiger partial charge in [0, 0.05) is 12.0 Å². The van der Waals surface area contributed by atoms with Crippen molar-refractivity contribution in [3.8, 4) is 0 Å². The van der Waals surface area contributed by atoms with Crippen molar-refractivity contribution in [1.82, 2.24) is 0 Å². The van der Waals surface area contributed by atoms with E-state index in [1.54, 1.807) is 0 Å². The van der Waals surface area contributed by atoms with Crippen molar-refractivity contribution in [3.63, 3.8) is 0 Å². The van der Waals surface area contributed by atoms with E-state index in [9.17, 15) is 4.79 Å². The monoisotopic (exact) mass is 213 g/mol. The summed E-state index contributed by atoms with van der Waals surface area (Å²) in [6.07, 6.45) is 4.93. The normalized spacial score (nSPS) is 39.9. The van der Waals surface area contributed by atoms with Crippen molar-refractivity contribution in [2.45, 2.75) is 50.4 Å². The maximum atomic E-state index is 11.1. The van der Waals surface area contributed by atoms with Gasteiger partial charge >= 0.3 is 5.97 Å². The second kappa shape index (κ2) is 4.49. The Balaban J connectivity index is 1.89. The van der Waals surface area contributed by atoms with Crippen LogP contribution in [0.15, 0.2) is 0 Å². The third-order valence-corrected chi connectivity index (χ3v) is 3.58. The highest BCUT2D eigenvalue weighted by atomic mass is 16.5. The molecular formula is C11H19NO3. The summed E-state index contributed by atoms with van der Waals surface area (Å²) in [5, 5.41) is 0. The number of nitrogens with two attached hydrogens (primary N) is 1. The van der Waals surface area contributed by atoms with E-state index in [-0.39, 0.29) is 24.2 Å². The Labute approximate surface area is 90.1 Å². The van der Waals surface area contributed by atoms with Gasteiger partial charge in [0.05, 0.1) is 25.7 Å². The number of methoxy groups -OCH3 is 1. The molecule has 0 aromatic rings. The first-order valence-electron chi connectivity index (χ1n) is 5.68. The first-order valence-corrected chi connectivity index (χ1v) is 5.68. The molecule has 2 N–H and O–H groups in total. The zero-order valence-corrected chi connectivity index (χ0v) is 9.15. The largest absolute Gasteiger partial charge is 0.469 e. The topological polar surface area (TPSA) is 61.5 Å². The Kier molecular flexibility index (Phi) is 3.26. The first-order chi connectivity index (χ1) is 7.20. The molecule has 2 rings (SSSR count). The van der Waals surface area contributed by atoms with Crippen LogP contribution >= 0.6 is 0 Å². The molecule has 2 aliphatic rings. The molecular weight excluding hydrogens is 194 g/mol. The average Bonchev–Trinajstić information content (AvgIpc) is 2.62. The molecule has 1 saturated carbocycles. The molecule has 0 aromatic heterocycles. The molecule has 1 saturated heterocycles. The van der Waals surface area contributed by atoms with Gasteiger partial charge in [-0.2, -0.15) is 0 Å². The van der Waals surface area contributed by atoms with E-state index >= 15 is 0 Å². The van der Waals surface area contributed by atoms with E-state index in [1.807, 2.05) is 0 Å². The summed E-state index contributed by atoms with van der Waals surface area (Å²) < 4.78 is 10.5. The molecule has 0 aromatic carbocycles. The van der Waals surface area contributed by atoms with Gasteiger partial charge in [-0.3, -0.25) is 4.79 Å². The Bertz CT molecular complexity index is 244. The van der Waals surface area contributed by atoms with Crippen LogP contribution in [-0.2, 0) is 14.3 Å². The fraction of sp³-hybridized carbons (Fsp3) is 0.909. The van der Waals surface area contributed by atoms with Gasteiger partial charge in [0.1, 0.15) is 0 Å². The number of carbonyl (C=O) groups excluding carboxylic acids is 1. The summed E-state index contributed by atoms with van der Waals surface area (Å²) in [5.74, 6) is 0.264. The molecule has 0 unspecified atom stereocenters. The Morgan fingerprint density at radius 3 is 3.00 bits per heavy atom. The SMILES string of the molecule is COC(=O)C[C@@H]1C[C@H]2[C@H](CCC[C@@H]2N)O1. The molecule has 1 heterocycles. The lowest BCUT2D eigenvalue weighted by atomic mass is 9.81. The maximum absolute atomic E-state index is 11.1. The molecule has 15 heavy (non-hydrogen) atoms. The fourth-order valence-electron chi connectivity index (χ4n) is 2.76. The number of fused-ring (bicyclic) bond motifs is 1. The van der Waals surface area contributed by atoms with Crippen LogP contribution in [-0.4, -0.2) is 31.3 Å². The molecule has 0 amide bonds. The van der Waals surface area contributed by atoms with Crippen LogP contribution in [0.3, 0.4) is 0 Å². The van der Waals surface area contributed by atoms with Gasteiger partial charge < -0.3 is 15.2 Å². The van der Waals surface area contributed by atoms with E-state index in [2.05, 4.69) is 4.74 Å². The average molecular weight is 213 g/mol. The number of carbonyl (C=O) groups is 1. The van der Waals surface area contributed by atoms with E-state index in [4.69, 9.17) is 10.5 Å². The van der Waals surface area contributed by atoms with Gasteiger partial charge in [-0.25, -0.2) is 0 Å². The zero-order chi connectivity index (χ0) is 10.8. The first kappa shape index (κ1) is 10.9. The molecule has 1 aliphatic heterocycles. The van der Waals surface area contributed by atoms with Gasteiger partial charge in [0.2, 0.25) is 0 Å². The molecule has 0 spiro atoms. The van der Waals surface area contributed by atoms with Crippen LogP contribution in [0.25, 0.3) is 0 Å². The van der Waals surface area contributed by atoms with Crippen LogP contribution in [0.5, 0.6) is 0 Å². The number of hydrogen-bond donors (Lipinski definition) is 1. The van der Waals surface area contributed by atoms with E-state index < -0.39 is 0 Å². The van der Waals surface area contributed by atoms with Gasteiger partial charge in [-0.1, -0.05) is 0 Å². The second-order valence-electron chi connectivity index (χ2n) is 4.57. The van der Waals surface area contributed by atoms with Gasteiger partial charge in [-0.05, 0) is 25.7 Å². The quantitative estimate of drug-likeness (QED) is 0.690. The molecule has 2 fully saturated rings. The predicted octanol–water partition coefficient (Wildman–Crippen LogP) is 0.834.